The van der Waals surface area contributed by atoms with E-state index >= 15 is 0 Å². The summed E-state index contributed by atoms with van der Waals surface area (Å²) in [6.07, 6.45) is 2.44. The lowest BCUT2D eigenvalue weighted by atomic mass is 10.1. The second kappa shape index (κ2) is 9.56. The van der Waals surface area contributed by atoms with Crippen LogP contribution in [0.2, 0.25) is 0 Å². The van der Waals surface area contributed by atoms with Gasteiger partial charge in [0.05, 0.1) is 5.25 Å². The van der Waals surface area contributed by atoms with Crippen LogP contribution in [-0.4, -0.2) is 34.0 Å². The molecule has 0 spiro atoms. The predicted octanol–water partition coefficient (Wildman–Crippen LogP) is 3.22. The first-order valence-electron chi connectivity index (χ1n) is 9.30. The topological polar surface area (TPSA) is 94.6 Å². The number of esters is 1. The van der Waals surface area contributed by atoms with Crippen LogP contribution in [0.5, 0.6) is 5.75 Å². The summed E-state index contributed by atoms with van der Waals surface area (Å²) in [5, 5.41) is 1.57. The molecule has 2 amide bonds. The van der Waals surface area contributed by atoms with Gasteiger partial charge in [-0.05, 0) is 36.6 Å². The Kier molecular flexibility index (Phi) is 6.87. The van der Waals surface area contributed by atoms with E-state index in [4.69, 9.17) is 9.47 Å². The number of carbonyl (C=O) groups excluding carboxylic acids is 3. The van der Waals surface area contributed by atoms with E-state index in [1.54, 1.807) is 18.3 Å². The van der Waals surface area contributed by atoms with E-state index < -0.39 is 17.3 Å². The minimum Gasteiger partial charge on any atom is -0.489 e. The second-order valence-electron chi connectivity index (χ2n) is 6.58. The summed E-state index contributed by atoms with van der Waals surface area (Å²) in [6.45, 7) is 3.53. The highest BCUT2D eigenvalue weighted by Gasteiger charge is 2.31. The Morgan fingerprint density at radius 2 is 1.97 bits per heavy atom. The van der Waals surface area contributed by atoms with Crippen molar-refractivity contribution in [3.63, 3.8) is 0 Å². The molecule has 2 aromatic rings. The van der Waals surface area contributed by atoms with Crippen LogP contribution < -0.4 is 10.1 Å². The summed E-state index contributed by atoms with van der Waals surface area (Å²) in [7, 11) is 0. The molecule has 1 aromatic heterocycles. The van der Waals surface area contributed by atoms with E-state index in [9.17, 15) is 14.4 Å². The largest absolute Gasteiger partial charge is 0.489 e. The minimum atomic E-state index is -0.560. The van der Waals surface area contributed by atoms with Crippen LogP contribution in [0, 0.1) is 0 Å². The molecule has 0 aliphatic carbocycles. The first-order valence-corrected chi connectivity index (χ1v) is 10.2. The van der Waals surface area contributed by atoms with Crippen molar-refractivity contribution in [2.24, 2.45) is 0 Å². The number of nitrogens with one attached hydrogen (secondary N) is 1. The average molecular weight is 414 g/mol. The molecule has 7 nitrogen and oxygen atoms in total. The molecule has 3 rings (SSSR count). The van der Waals surface area contributed by atoms with Crippen molar-refractivity contribution >= 4 is 28.9 Å². The molecule has 29 heavy (non-hydrogen) atoms. The number of ether oxygens (including phenoxy) is 2. The first-order chi connectivity index (χ1) is 13.9. The number of carbonyl (C=O) groups is 3. The summed E-state index contributed by atoms with van der Waals surface area (Å²) in [5.41, 5.74) is 2.65. The molecule has 1 fully saturated rings. The number of amides is 2. The third-order valence-electron chi connectivity index (χ3n) is 4.40. The van der Waals surface area contributed by atoms with Gasteiger partial charge in [0.15, 0.2) is 6.10 Å². The summed E-state index contributed by atoms with van der Waals surface area (Å²) < 4.78 is 11.2. The zero-order chi connectivity index (χ0) is 20.8. The number of benzene rings is 1. The molecular formula is C21H22N2O5S. The van der Waals surface area contributed by atoms with Crippen LogP contribution in [0.3, 0.4) is 0 Å². The number of hydrogen-bond acceptors (Lipinski definition) is 7. The van der Waals surface area contributed by atoms with Crippen molar-refractivity contribution in [1.82, 2.24) is 10.3 Å². The van der Waals surface area contributed by atoms with Gasteiger partial charge >= 0.3 is 5.97 Å². The lowest BCUT2D eigenvalue weighted by molar-refractivity contribution is -0.148. The fourth-order valence-electron chi connectivity index (χ4n) is 2.87. The third-order valence-corrected chi connectivity index (χ3v) is 5.38. The average Bonchev–Trinajstić information content (AvgIpc) is 3.03. The highest BCUT2D eigenvalue weighted by atomic mass is 32.2. The molecule has 2 atom stereocenters. The molecule has 1 aliphatic heterocycles. The Hall–Kier alpha value is -2.87. The number of pyridine rings is 1. The van der Waals surface area contributed by atoms with Gasteiger partial charge in [-0.25, -0.2) is 0 Å². The maximum Gasteiger partial charge on any atom is 0.303 e. The van der Waals surface area contributed by atoms with Crippen LogP contribution in [0.4, 0.5) is 4.79 Å². The zero-order valence-corrected chi connectivity index (χ0v) is 17.0. The summed E-state index contributed by atoms with van der Waals surface area (Å²) in [4.78, 5) is 38.7. The smallest absolute Gasteiger partial charge is 0.303 e. The Morgan fingerprint density at radius 3 is 2.52 bits per heavy atom. The highest BCUT2D eigenvalue weighted by Crippen LogP contribution is 2.25. The lowest BCUT2D eigenvalue weighted by Crippen LogP contribution is -2.25. The number of aromatic nitrogens is 1. The maximum atomic E-state index is 11.7. The second-order valence-corrected chi connectivity index (χ2v) is 7.75. The SMILES string of the molecule is CCc1ccc(C(COc2ccc(CC3SC(=O)NC3=O)cc2)OC(C)=O)cn1. The van der Waals surface area contributed by atoms with E-state index in [1.165, 1.54) is 6.92 Å². The number of thioether (sulfide) groups is 1. The van der Waals surface area contributed by atoms with Gasteiger partial charge < -0.3 is 9.47 Å². The number of aryl methyl sites for hydroxylation is 1. The first kappa shape index (κ1) is 20.9. The molecule has 1 saturated heterocycles. The Morgan fingerprint density at radius 1 is 1.21 bits per heavy atom. The van der Waals surface area contributed by atoms with Crippen LogP contribution in [0.15, 0.2) is 42.6 Å². The number of nitrogens with zero attached hydrogens (tertiary/aromatic N) is 1. The number of hydrogen-bond donors (Lipinski definition) is 1. The fraction of sp³-hybridized carbons (Fsp3) is 0.333. The highest BCUT2D eigenvalue weighted by molar-refractivity contribution is 8.15. The third kappa shape index (κ3) is 5.80. The van der Waals surface area contributed by atoms with Gasteiger partial charge in [0.25, 0.3) is 5.24 Å². The molecule has 1 aliphatic rings. The Labute approximate surface area is 173 Å². The van der Waals surface area contributed by atoms with Crippen molar-refractivity contribution in [2.75, 3.05) is 6.61 Å². The Balaban J connectivity index is 1.60. The predicted molar refractivity (Wildman–Crippen MR) is 109 cm³/mol. The van der Waals surface area contributed by atoms with Crippen molar-refractivity contribution in [3.05, 3.63) is 59.4 Å². The molecule has 0 saturated carbocycles. The maximum absolute atomic E-state index is 11.7. The summed E-state index contributed by atoms with van der Waals surface area (Å²) in [5.74, 6) is -0.0358. The monoisotopic (exact) mass is 414 g/mol. The van der Waals surface area contributed by atoms with Crippen LogP contribution in [0.1, 0.15) is 36.8 Å². The molecule has 0 radical (unpaired) electrons. The van der Waals surface area contributed by atoms with Gasteiger partial charge in [-0.15, -0.1) is 0 Å². The minimum absolute atomic E-state index is 0.154. The molecule has 1 N–H and O–H groups in total. The summed E-state index contributed by atoms with van der Waals surface area (Å²) in [6, 6.07) is 11.1. The number of rotatable bonds is 8. The standard InChI is InChI=1S/C21H22N2O5S/c1-3-16-7-6-15(11-22-16)18(28-13(2)24)12-27-17-8-4-14(5-9-17)10-19-20(25)23-21(26)29-19/h4-9,11,18-19H,3,10,12H2,1-2H3,(H,23,25,26). The van der Waals surface area contributed by atoms with Gasteiger partial charge in [-0.2, -0.15) is 0 Å². The number of imide groups is 1. The Bertz CT molecular complexity index is 883. The van der Waals surface area contributed by atoms with Crippen LogP contribution in [-0.2, 0) is 27.2 Å². The van der Waals surface area contributed by atoms with Gasteiger partial charge in [0, 0.05) is 24.4 Å². The van der Waals surface area contributed by atoms with Gasteiger partial charge in [-0.1, -0.05) is 36.9 Å². The van der Waals surface area contributed by atoms with E-state index in [0.717, 1.165) is 35.0 Å². The normalized spacial score (nSPS) is 17.0. The fourth-order valence-corrected chi connectivity index (χ4v) is 3.73. The van der Waals surface area contributed by atoms with Crippen molar-refractivity contribution in [2.45, 2.75) is 38.0 Å². The van der Waals surface area contributed by atoms with E-state index in [1.807, 2.05) is 31.2 Å². The van der Waals surface area contributed by atoms with E-state index in [2.05, 4.69) is 10.3 Å². The van der Waals surface area contributed by atoms with Gasteiger partial charge in [-0.3, -0.25) is 24.7 Å². The van der Waals surface area contributed by atoms with Gasteiger partial charge in [0.1, 0.15) is 12.4 Å². The van der Waals surface area contributed by atoms with Crippen molar-refractivity contribution < 1.29 is 23.9 Å². The molecule has 2 heterocycles. The quantitative estimate of drug-likeness (QED) is 0.663. The molecule has 152 valence electrons. The zero-order valence-electron chi connectivity index (χ0n) is 16.2. The molecule has 2 unspecified atom stereocenters. The lowest BCUT2D eigenvalue weighted by Gasteiger charge is -2.18. The van der Waals surface area contributed by atoms with Crippen LogP contribution in [0.25, 0.3) is 0 Å². The van der Waals surface area contributed by atoms with Crippen molar-refractivity contribution in [1.29, 1.82) is 0 Å². The van der Waals surface area contributed by atoms with Gasteiger partial charge in [0.2, 0.25) is 5.91 Å². The molecule has 0 bridgehead atoms. The van der Waals surface area contributed by atoms with Crippen LogP contribution >= 0.6 is 11.8 Å². The molecular weight excluding hydrogens is 392 g/mol. The summed E-state index contributed by atoms with van der Waals surface area (Å²) >= 11 is 1.01. The van der Waals surface area contributed by atoms with Crippen molar-refractivity contribution in [3.8, 4) is 5.75 Å². The van der Waals surface area contributed by atoms with E-state index in [-0.39, 0.29) is 17.8 Å². The molecule has 8 heteroatoms. The van der Waals surface area contributed by atoms with E-state index in [0.29, 0.717) is 12.2 Å². The molecule has 1 aromatic carbocycles.